The van der Waals surface area contributed by atoms with Gasteiger partial charge in [-0.2, -0.15) is 0 Å². The SMILES string of the molecule is C#CCNC(=O)CN1CCN(Cc2csc(C)n2)CC1. The molecule has 20 heavy (non-hydrogen) atoms. The van der Waals surface area contributed by atoms with E-state index in [1.54, 1.807) is 11.3 Å². The normalized spacial score (nSPS) is 16.8. The molecule has 0 aliphatic carbocycles. The van der Waals surface area contributed by atoms with E-state index < -0.39 is 0 Å². The lowest BCUT2D eigenvalue weighted by Crippen LogP contribution is -2.49. The van der Waals surface area contributed by atoms with Crippen LogP contribution in [-0.4, -0.2) is 60.0 Å². The molecule has 0 unspecified atom stereocenters. The summed E-state index contributed by atoms with van der Waals surface area (Å²) in [6, 6.07) is 0. The first-order chi connectivity index (χ1) is 9.67. The fourth-order valence-electron chi connectivity index (χ4n) is 2.22. The van der Waals surface area contributed by atoms with Gasteiger partial charge in [-0.15, -0.1) is 17.8 Å². The predicted octanol–water partition coefficient (Wildman–Crippen LogP) is 0.319. The molecule has 1 aromatic rings. The lowest BCUT2D eigenvalue weighted by molar-refractivity contribution is -0.122. The minimum absolute atomic E-state index is 0.00604. The van der Waals surface area contributed by atoms with Crippen LogP contribution < -0.4 is 5.32 Å². The Morgan fingerprint density at radius 2 is 2.15 bits per heavy atom. The molecule has 0 spiro atoms. The van der Waals surface area contributed by atoms with Crippen LogP contribution in [0.1, 0.15) is 10.7 Å². The van der Waals surface area contributed by atoms with E-state index in [1.807, 2.05) is 6.92 Å². The molecule has 1 aliphatic heterocycles. The topological polar surface area (TPSA) is 48.5 Å². The average Bonchev–Trinajstić information content (AvgIpc) is 2.84. The molecule has 0 bridgehead atoms. The van der Waals surface area contributed by atoms with Gasteiger partial charge in [-0.05, 0) is 6.92 Å². The molecule has 1 amide bonds. The van der Waals surface area contributed by atoms with Crippen LogP contribution in [0.25, 0.3) is 0 Å². The Kier molecular flexibility index (Phi) is 5.53. The lowest BCUT2D eigenvalue weighted by atomic mass is 10.3. The number of thiazole rings is 1. The van der Waals surface area contributed by atoms with Gasteiger partial charge in [0.2, 0.25) is 5.91 Å². The molecule has 2 heterocycles. The molecule has 0 saturated carbocycles. The second kappa shape index (κ2) is 7.39. The highest BCUT2D eigenvalue weighted by Crippen LogP contribution is 2.12. The Hall–Kier alpha value is -1.42. The van der Waals surface area contributed by atoms with Crippen molar-refractivity contribution in [1.29, 1.82) is 0 Å². The Morgan fingerprint density at radius 1 is 1.45 bits per heavy atom. The molecule has 108 valence electrons. The van der Waals surface area contributed by atoms with Crippen LogP contribution in [0.5, 0.6) is 0 Å². The van der Waals surface area contributed by atoms with Crippen molar-refractivity contribution in [2.75, 3.05) is 39.3 Å². The summed E-state index contributed by atoms with van der Waals surface area (Å²) in [5.74, 6) is 2.41. The maximum Gasteiger partial charge on any atom is 0.234 e. The molecule has 1 saturated heterocycles. The van der Waals surface area contributed by atoms with Crippen LogP contribution in [0.15, 0.2) is 5.38 Å². The quantitative estimate of drug-likeness (QED) is 0.794. The summed E-state index contributed by atoms with van der Waals surface area (Å²) in [7, 11) is 0. The first-order valence-electron chi connectivity index (χ1n) is 6.73. The highest BCUT2D eigenvalue weighted by atomic mass is 32.1. The van der Waals surface area contributed by atoms with E-state index in [2.05, 4.69) is 31.4 Å². The zero-order chi connectivity index (χ0) is 14.4. The number of terminal acetylenes is 1. The average molecular weight is 292 g/mol. The lowest BCUT2D eigenvalue weighted by Gasteiger charge is -2.33. The van der Waals surface area contributed by atoms with Crippen molar-refractivity contribution in [3.63, 3.8) is 0 Å². The predicted molar refractivity (Wildman–Crippen MR) is 80.4 cm³/mol. The van der Waals surface area contributed by atoms with Gasteiger partial charge in [0.1, 0.15) is 0 Å². The monoisotopic (exact) mass is 292 g/mol. The van der Waals surface area contributed by atoms with Gasteiger partial charge in [-0.25, -0.2) is 4.98 Å². The molecule has 0 atom stereocenters. The molecule has 0 aromatic carbocycles. The molecule has 5 nitrogen and oxygen atoms in total. The Morgan fingerprint density at radius 3 is 2.75 bits per heavy atom. The maximum absolute atomic E-state index is 11.6. The van der Waals surface area contributed by atoms with Crippen LogP contribution in [-0.2, 0) is 11.3 Å². The Bertz CT molecular complexity index is 486. The van der Waals surface area contributed by atoms with Crippen molar-refractivity contribution in [2.24, 2.45) is 0 Å². The summed E-state index contributed by atoms with van der Waals surface area (Å²) in [5, 5.41) is 5.93. The van der Waals surface area contributed by atoms with Crippen molar-refractivity contribution in [3.8, 4) is 12.3 Å². The summed E-state index contributed by atoms with van der Waals surface area (Å²) >= 11 is 1.69. The third kappa shape index (κ3) is 4.60. The molecule has 6 heteroatoms. The minimum Gasteiger partial charge on any atom is -0.344 e. The van der Waals surface area contributed by atoms with Crippen LogP contribution in [0.2, 0.25) is 0 Å². The highest BCUT2D eigenvalue weighted by molar-refractivity contribution is 7.09. The number of carbonyl (C=O) groups excluding carboxylic acids is 1. The van der Waals surface area contributed by atoms with Crippen LogP contribution >= 0.6 is 11.3 Å². The fraction of sp³-hybridized carbons (Fsp3) is 0.571. The van der Waals surface area contributed by atoms with Crippen LogP contribution in [0.3, 0.4) is 0 Å². The maximum atomic E-state index is 11.6. The van der Waals surface area contributed by atoms with E-state index in [0.717, 1.165) is 43.4 Å². The highest BCUT2D eigenvalue weighted by Gasteiger charge is 2.19. The van der Waals surface area contributed by atoms with Gasteiger partial charge in [0, 0.05) is 38.1 Å². The zero-order valence-corrected chi connectivity index (χ0v) is 12.6. The number of nitrogens with zero attached hydrogens (tertiary/aromatic N) is 3. The van der Waals surface area contributed by atoms with E-state index in [0.29, 0.717) is 13.1 Å². The van der Waals surface area contributed by atoms with Gasteiger partial charge >= 0.3 is 0 Å². The summed E-state index contributed by atoms with van der Waals surface area (Å²) in [4.78, 5) is 20.6. The molecular weight excluding hydrogens is 272 g/mol. The van der Waals surface area contributed by atoms with Crippen LogP contribution in [0, 0.1) is 19.3 Å². The van der Waals surface area contributed by atoms with Crippen molar-refractivity contribution in [2.45, 2.75) is 13.5 Å². The molecule has 1 aliphatic rings. The standard InChI is InChI=1S/C14H20N4OS/c1-3-4-15-14(19)10-18-7-5-17(6-8-18)9-13-11-20-12(2)16-13/h1,11H,4-10H2,2H3,(H,15,19). The van der Waals surface area contributed by atoms with Crippen molar-refractivity contribution in [3.05, 3.63) is 16.1 Å². The van der Waals surface area contributed by atoms with E-state index >= 15 is 0 Å². The van der Waals surface area contributed by atoms with Gasteiger partial charge in [-0.3, -0.25) is 14.6 Å². The number of carbonyl (C=O) groups is 1. The second-order valence-electron chi connectivity index (χ2n) is 4.89. The largest absolute Gasteiger partial charge is 0.344 e. The number of hydrogen-bond acceptors (Lipinski definition) is 5. The Labute approximate surface area is 124 Å². The third-order valence-corrected chi connectivity index (χ3v) is 4.09. The molecule has 1 aromatic heterocycles. The fourth-order valence-corrected chi connectivity index (χ4v) is 2.83. The summed E-state index contributed by atoms with van der Waals surface area (Å²) in [5.41, 5.74) is 1.15. The number of amides is 1. The first kappa shape index (κ1) is 15.0. The number of aromatic nitrogens is 1. The van der Waals surface area contributed by atoms with Crippen molar-refractivity contribution in [1.82, 2.24) is 20.1 Å². The van der Waals surface area contributed by atoms with Gasteiger partial charge in [0.15, 0.2) is 0 Å². The van der Waals surface area contributed by atoms with Crippen LogP contribution in [0.4, 0.5) is 0 Å². The first-order valence-corrected chi connectivity index (χ1v) is 7.61. The number of aryl methyl sites for hydroxylation is 1. The molecule has 0 radical (unpaired) electrons. The summed E-state index contributed by atoms with van der Waals surface area (Å²) in [6.45, 7) is 7.44. The van der Waals surface area contributed by atoms with Crippen molar-refractivity contribution >= 4 is 17.2 Å². The minimum atomic E-state index is 0.00604. The van der Waals surface area contributed by atoms with E-state index in [-0.39, 0.29) is 5.91 Å². The zero-order valence-electron chi connectivity index (χ0n) is 11.8. The number of rotatable bonds is 5. The second-order valence-corrected chi connectivity index (χ2v) is 5.95. The van der Waals surface area contributed by atoms with Gasteiger partial charge in [0.25, 0.3) is 0 Å². The molecule has 2 rings (SSSR count). The Balaban J connectivity index is 1.70. The molecular formula is C14H20N4OS. The van der Waals surface area contributed by atoms with Gasteiger partial charge in [0.05, 0.1) is 23.8 Å². The number of nitrogens with one attached hydrogen (secondary N) is 1. The molecule has 1 N–H and O–H groups in total. The summed E-state index contributed by atoms with van der Waals surface area (Å²) < 4.78 is 0. The van der Waals surface area contributed by atoms with E-state index in [4.69, 9.17) is 6.42 Å². The molecule has 1 fully saturated rings. The van der Waals surface area contributed by atoms with E-state index in [9.17, 15) is 4.79 Å². The number of hydrogen-bond donors (Lipinski definition) is 1. The van der Waals surface area contributed by atoms with Crippen molar-refractivity contribution < 1.29 is 4.79 Å². The summed E-state index contributed by atoms with van der Waals surface area (Å²) in [6.07, 6.45) is 5.11. The van der Waals surface area contributed by atoms with Gasteiger partial charge < -0.3 is 5.32 Å². The van der Waals surface area contributed by atoms with E-state index in [1.165, 1.54) is 0 Å². The smallest absolute Gasteiger partial charge is 0.234 e. The van der Waals surface area contributed by atoms with Gasteiger partial charge in [-0.1, -0.05) is 5.92 Å². The third-order valence-electron chi connectivity index (χ3n) is 3.27. The number of piperazine rings is 1.